The Morgan fingerprint density at radius 3 is 2.25 bits per heavy atom. The summed E-state index contributed by atoms with van der Waals surface area (Å²) in [7, 11) is 0. The second kappa shape index (κ2) is 12.5. The number of nitrogens with one attached hydrogen (secondary N) is 1. The van der Waals surface area contributed by atoms with Gasteiger partial charge < -0.3 is 14.5 Å². The maximum Gasteiger partial charge on any atom is 0.374 e. The van der Waals surface area contributed by atoms with Crippen LogP contribution in [-0.4, -0.2) is 17.5 Å². The number of hydrogen-bond donors (Lipinski definition) is 1. The van der Waals surface area contributed by atoms with Gasteiger partial charge in [-0.15, -0.1) is 0 Å². The van der Waals surface area contributed by atoms with E-state index in [1.54, 1.807) is 51.1 Å². The third-order valence-electron chi connectivity index (χ3n) is 5.89. The van der Waals surface area contributed by atoms with Crippen molar-refractivity contribution in [1.29, 1.82) is 0 Å². The van der Waals surface area contributed by atoms with E-state index in [4.69, 9.17) is 9.15 Å². The van der Waals surface area contributed by atoms with Crippen LogP contribution in [-0.2, 0) is 11.2 Å². The van der Waals surface area contributed by atoms with Crippen LogP contribution in [0.2, 0.25) is 0 Å². The minimum absolute atomic E-state index is 0.134. The minimum Gasteiger partial charge on any atom is -0.454 e. The summed E-state index contributed by atoms with van der Waals surface area (Å²) in [6.07, 6.45) is 9.86. The monoisotopic (exact) mass is 491 g/mol. The number of aryl methyl sites for hydroxylation is 1. The molecule has 3 aromatic rings. The maximum absolute atomic E-state index is 12.9. The average Bonchev–Trinajstić information content (AvgIpc) is 2.83. The van der Waals surface area contributed by atoms with Gasteiger partial charge in [0.15, 0.2) is 11.0 Å². The predicted molar refractivity (Wildman–Crippen MR) is 144 cm³/mol. The molecule has 0 bridgehead atoms. The van der Waals surface area contributed by atoms with Crippen molar-refractivity contribution < 1.29 is 18.7 Å². The fraction of sp³-hybridized carbons (Fsp3) is 0.433. The average molecular weight is 492 g/mol. The van der Waals surface area contributed by atoms with Gasteiger partial charge in [-0.2, -0.15) is 0 Å². The molecule has 0 spiro atoms. The zero-order valence-corrected chi connectivity index (χ0v) is 21.8. The molecule has 0 saturated carbocycles. The van der Waals surface area contributed by atoms with Gasteiger partial charge in [0.1, 0.15) is 5.60 Å². The molecule has 0 aliphatic rings. The summed E-state index contributed by atoms with van der Waals surface area (Å²) >= 11 is 0. The van der Waals surface area contributed by atoms with Gasteiger partial charge in [-0.25, -0.2) is 4.79 Å². The minimum atomic E-state index is -0.737. The molecule has 192 valence electrons. The lowest BCUT2D eigenvalue weighted by Gasteiger charge is -2.19. The van der Waals surface area contributed by atoms with E-state index in [1.807, 2.05) is 12.1 Å². The number of anilines is 1. The summed E-state index contributed by atoms with van der Waals surface area (Å²) in [5.74, 6) is -1.27. The molecule has 1 aromatic heterocycles. The molecule has 0 aliphatic heterocycles. The lowest BCUT2D eigenvalue weighted by Crippen LogP contribution is -2.24. The Bertz CT molecular complexity index is 1230. The molecule has 0 fully saturated rings. The first-order valence-electron chi connectivity index (χ1n) is 12.9. The van der Waals surface area contributed by atoms with Crippen LogP contribution < -0.4 is 10.7 Å². The van der Waals surface area contributed by atoms with Crippen molar-refractivity contribution in [3.05, 3.63) is 75.6 Å². The molecule has 2 aromatic carbocycles. The van der Waals surface area contributed by atoms with E-state index in [0.29, 0.717) is 11.3 Å². The molecule has 1 N–H and O–H groups in total. The zero-order chi connectivity index (χ0) is 26.1. The number of rotatable bonds is 11. The van der Waals surface area contributed by atoms with Crippen molar-refractivity contribution in [3.63, 3.8) is 0 Å². The summed E-state index contributed by atoms with van der Waals surface area (Å²) in [5.41, 5.74) is 1.03. The van der Waals surface area contributed by atoms with Crippen LogP contribution in [0.25, 0.3) is 11.0 Å². The van der Waals surface area contributed by atoms with E-state index in [-0.39, 0.29) is 28.1 Å². The van der Waals surface area contributed by atoms with Gasteiger partial charge in [0.05, 0.1) is 11.1 Å². The highest BCUT2D eigenvalue weighted by atomic mass is 16.6. The van der Waals surface area contributed by atoms with Crippen LogP contribution in [0.1, 0.15) is 99.1 Å². The van der Waals surface area contributed by atoms with Crippen LogP contribution in [0.3, 0.4) is 0 Å². The number of benzene rings is 2. The van der Waals surface area contributed by atoms with Crippen molar-refractivity contribution in [3.8, 4) is 0 Å². The molecule has 3 rings (SSSR count). The van der Waals surface area contributed by atoms with Gasteiger partial charge >= 0.3 is 5.97 Å². The van der Waals surface area contributed by atoms with Gasteiger partial charge in [-0.05, 0) is 63.4 Å². The van der Waals surface area contributed by atoms with E-state index in [2.05, 4.69) is 12.2 Å². The number of ether oxygens (including phenoxy) is 1. The Labute approximate surface area is 213 Å². The number of carbonyl (C=O) groups excluding carboxylic acids is 2. The van der Waals surface area contributed by atoms with E-state index in [0.717, 1.165) is 18.9 Å². The number of esters is 1. The first-order valence-corrected chi connectivity index (χ1v) is 12.9. The highest BCUT2D eigenvalue weighted by molar-refractivity contribution is 6.08. The molecular formula is C30H37NO5. The highest BCUT2D eigenvalue weighted by Crippen LogP contribution is 2.24. The largest absolute Gasteiger partial charge is 0.454 e. The molecule has 6 heteroatoms. The third kappa shape index (κ3) is 7.80. The Kier molecular flexibility index (Phi) is 9.45. The van der Waals surface area contributed by atoms with Crippen LogP contribution in [0.4, 0.5) is 5.69 Å². The molecule has 36 heavy (non-hydrogen) atoms. The predicted octanol–water partition coefficient (Wildman–Crippen LogP) is 7.29. The quantitative estimate of drug-likeness (QED) is 0.225. The highest BCUT2D eigenvalue weighted by Gasteiger charge is 2.22. The first kappa shape index (κ1) is 27.2. The standard InChI is InChI=1S/C30H37NO5/c1-5-6-7-8-9-10-11-13-21-16-18-22(19-17-21)28(33)31-24-15-12-14-23-25(32)20-26(35-27(23)24)29(34)36-30(2,3)4/h12,14-20H,5-11,13H2,1-4H3,(H,31,33). The van der Waals surface area contributed by atoms with Crippen molar-refractivity contribution in [2.75, 3.05) is 5.32 Å². The Balaban J connectivity index is 1.68. The lowest BCUT2D eigenvalue weighted by molar-refractivity contribution is 0.00364. The topological polar surface area (TPSA) is 85.6 Å². The third-order valence-corrected chi connectivity index (χ3v) is 5.89. The summed E-state index contributed by atoms with van der Waals surface area (Å²) in [6, 6.07) is 13.6. The van der Waals surface area contributed by atoms with Crippen LogP contribution in [0.5, 0.6) is 0 Å². The first-order chi connectivity index (χ1) is 17.2. The molecule has 1 heterocycles. The molecule has 0 atom stereocenters. The van der Waals surface area contributed by atoms with Gasteiger partial charge in [0.2, 0.25) is 5.76 Å². The number of unbranched alkanes of at least 4 members (excludes halogenated alkanes) is 6. The summed E-state index contributed by atoms with van der Waals surface area (Å²) in [5, 5.41) is 3.08. The lowest BCUT2D eigenvalue weighted by atomic mass is 10.0. The van der Waals surface area contributed by atoms with E-state index < -0.39 is 11.6 Å². The van der Waals surface area contributed by atoms with Gasteiger partial charge in [0.25, 0.3) is 5.91 Å². The van der Waals surface area contributed by atoms with Gasteiger partial charge in [-0.3, -0.25) is 9.59 Å². The number of para-hydroxylation sites is 1. The maximum atomic E-state index is 12.9. The van der Waals surface area contributed by atoms with Crippen LogP contribution in [0.15, 0.2) is 57.7 Å². The van der Waals surface area contributed by atoms with E-state index in [1.165, 1.54) is 44.1 Å². The molecule has 0 saturated heterocycles. The van der Waals surface area contributed by atoms with E-state index >= 15 is 0 Å². The summed E-state index contributed by atoms with van der Waals surface area (Å²) in [6.45, 7) is 7.42. The zero-order valence-electron chi connectivity index (χ0n) is 21.8. The SMILES string of the molecule is CCCCCCCCCc1ccc(C(=O)Nc2cccc3c(=O)cc(C(=O)OC(C)(C)C)oc23)cc1. The summed E-state index contributed by atoms with van der Waals surface area (Å²) < 4.78 is 11.1. The number of fused-ring (bicyclic) bond motifs is 1. The van der Waals surface area contributed by atoms with Crippen LogP contribution >= 0.6 is 0 Å². The number of carbonyl (C=O) groups is 2. The van der Waals surface area contributed by atoms with Crippen molar-refractivity contribution in [2.45, 2.75) is 84.7 Å². The van der Waals surface area contributed by atoms with Crippen molar-refractivity contribution >= 4 is 28.5 Å². The smallest absolute Gasteiger partial charge is 0.374 e. The Morgan fingerprint density at radius 2 is 1.58 bits per heavy atom. The van der Waals surface area contributed by atoms with E-state index in [9.17, 15) is 14.4 Å². The molecule has 0 unspecified atom stereocenters. The second-order valence-electron chi connectivity index (χ2n) is 10.2. The Hall–Kier alpha value is -3.41. The molecule has 0 aliphatic carbocycles. The normalized spacial score (nSPS) is 11.4. The number of amides is 1. The second-order valence-corrected chi connectivity index (χ2v) is 10.2. The molecule has 0 radical (unpaired) electrons. The fourth-order valence-electron chi connectivity index (χ4n) is 4.01. The Morgan fingerprint density at radius 1 is 0.917 bits per heavy atom. The number of hydrogen-bond acceptors (Lipinski definition) is 5. The van der Waals surface area contributed by atoms with Crippen molar-refractivity contribution in [2.24, 2.45) is 0 Å². The van der Waals surface area contributed by atoms with Crippen molar-refractivity contribution in [1.82, 2.24) is 0 Å². The van der Waals surface area contributed by atoms with Crippen LogP contribution in [0, 0.1) is 0 Å². The van der Waals surface area contributed by atoms with Gasteiger partial charge in [0, 0.05) is 11.6 Å². The summed E-state index contributed by atoms with van der Waals surface area (Å²) in [4.78, 5) is 38.0. The van der Waals surface area contributed by atoms with Gasteiger partial charge in [-0.1, -0.05) is 63.6 Å². The fourth-order valence-corrected chi connectivity index (χ4v) is 4.01. The molecule has 6 nitrogen and oxygen atoms in total. The molecule has 1 amide bonds. The molecular weight excluding hydrogens is 454 g/mol.